The molecule has 174 valence electrons. The first-order chi connectivity index (χ1) is 15.7. The number of hydrogen-bond donors (Lipinski definition) is 1. The molecule has 1 saturated heterocycles. The predicted octanol–water partition coefficient (Wildman–Crippen LogP) is 3.66. The molecule has 2 aromatic heterocycles. The Kier molecular flexibility index (Phi) is 6.46. The molecular weight excluding hydrogens is 464 g/mol. The fourth-order valence-electron chi connectivity index (χ4n) is 3.96. The number of Topliss-reactive ketones (excluding diaryl/α,β-unsaturated/α-hetero) is 1. The van der Waals surface area contributed by atoms with Crippen LogP contribution in [0.25, 0.3) is 11.3 Å². The quantitative estimate of drug-likeness (QED) is 0.525. The summed E-state index contributed by atoms with van der Waals surface area (Å²) in [6, 6.07) is 9.29. The van der Waals surface area contributed by atoms with Crippen LogP contribution in [-0.2, 0) is 14.8 Å². The Labute approximate surface area is 195 Å². The average molecular weight is 489 g/mol. The number of rotatable bonds is 6. The number of ketones is 1. The number of hydrogen-bond acceptors (Lipinski definition) is 8. The summed E-state index contributed by atoms with van der Waals surface area (Å²) in [6.07, 6.45) is 1.10. The summed E-state index contributed by atoms with van der Waals surface area (Å²) < 4.78 is 32.6. The molecule has 0 bridgehead atoms. The first kappa shape index (κ1) is 23.3. The molecule has 1 atom stereocenters. The van der Waals surface area contributed by atoms with Crippen molar-refractivity contribution >= 4 is 38.2 Å². The summed E-state index contributed by atoms with van der Waals surface area (Å²) in [6.45, 7) is 4.97. The van der Waals surface area contributed by atoms with Gasteiger partial charge in [0.25, 0.3) is 0 Å². The first-order valence-corrected chi connectivity index (χ1v) is 12.7. The third kappa shape index (κ3) is 4.61. The molecule has 1 aliphatic rings. The number of nitrogens with zero attached hydrogens (tertiary/aromatic N) is 3. The predicted molar refractivity (Wildman–Crippen MR) is 124 cm³/mol. The molecule has 3 aromatic rings. The van der Waals surface area contributed by atoms with Gasteiger partial charge in [-0.05, 0) is 26.7 Å². The zero-order valence-electron chi connectivity index (χ0n) is 18.5. The Bertz CT molecular complexity index is 1280. The molecular formula is C22H24N4O5S2. The summed E-state index contributed by atoms with van der Waals surface area (Å²) in [5.74, 6) is -0.774. The van der Waals surface area contributed by atoms with Gasteiger partial charge in [-0.1, -0.05) is 46.8 Å². The van der Waals surface area contributed by atoms with E-state index in [1.165, 1.54) is 11.2 Å². The van der Waals surface area contributed by atoms with Gasteiger partial charge in [0.05, 0.1) is 16.5 Å². The van der Waals surface area contributed by atoms with Gasteiger partial charge in [0.2, 0.25) is 15.9 Å². The summed E-state index contributed by atoms with van der Waals surface area (Å²) >= 11 is 1.12. The molecule has 33 heavy (non-hydrogen) atoms. The van der Waals surface area contributed by atoms with Crippen LogP contribution in [-0.4, -0.2) is 47.6 Å². The molecule has 1 aliphatic heterocycles. The minimum absolute atomic E-state index is 0.0503. The highest BCUT2D eigenvalue weighted by Gasteiger charge is 2.36. The molecule has 1 fully saturated rings. The summed E-state index contributed by atoms with van der Waals surface area (Å²) in [7, 11) is -3.83. The van der Waals surface area contributed by atoms with E-state index in [9.17, 15) is 18.0 Å². The molecule has 9 nitrogen and oxygen atoms in total. The number of amides is 1. The second kappa shape index (κ2) is 9.16. The first-order valence-electron chi connectivity index (χ1n) is 10.5. The fraction of sp³-hybridized carbons (Fsp3) is 0.364. The van der Waals surface area contributed by atoms with Gasteiger partial charge < -0.3 is 9.84 Å². The van der Waals surface area contributed by atoms with E-state index in [2.05, 4.69) is 15.5 Å². The Morgan fingerprint density at radius 2 is 1.94 bits per heavy atom. The van der Waals surface area contributed by atoms with Crippen LogP contribution >= 0.6 is 11.3 Å². The van der Waals surface area contributed by atoms with Crippen molar-refractivity contribution in [2.45, 2.75) is 38.5 Å². The Morgan fingerprint density at radius 3 is 2.58 bits per heavy atom. The SMILES string of the molecule is CC(=O)c1sc(NC(=O)C2CCCN(S(=O)(=O)c3c(C)noc3C)C2)nc1-c1ccccc1. The molecule has 0 saturated carbocycles. The molecule has 1 aromatic carbocycles. The second-order valence-electron chi connectivity index (χ2n) is 7.96. The van der Waals surface area contributed by atoms with Gasteiger partial charge >= 0.3 is 0 Å². The van der Waals surface area contributed by atoms with Gasteiger partial charge in [-0.15, -0.1) is 0 Å². The second-order valence-corrected chi connectivity index (χ2v) is 10.8. The maximum absolute atomic E-state index is 13.1. The monoisotopic (exact) mass is 488 g/mol. The van der Waals surface area contributed by atoms with Gasteiger partial charge in [0.1, 0.15) is 10.6 Å². The number of benzene rings is 1. The molecule has 0 aliphatic carbocycles. The minimum atomic E-state index is -3.83. The number of carbonyl (C=O) groups excluding carboxylic acids is 2. The standard InChI is InChI=1S/C22H24N4O5S2/c1-13-20(15(3)31-25-13)33(29,30)26-11-7-10-17(12-26)21(28)24-22-23-18(19(32-22)14(2)27)16-8-5-4-6-9-16/h4-6,8-9,17H,7,10-12H2,1-3H3,(H,23,24,28). The third-order valence-electron chi connectivity index (χ3n) is 5.54. The maximum atomic E-state index is 13.1. The van der Waals surface area contributed by atoms with E-state index in [4.69, 9.17) is 4.52 Å². The van der Waals surface area contributed by atoms with Crippen molar-refractivity contribution < 1.29 is 22.5 Å². The number of thiazole rings is 1. The van der Waals surface area contributed by atoms with Crippen molar-refractivity contribution in [3.05, 3.63) is 46.7 Å². The highest BCUT2D eigenvalue weighted by Crippen LogP contribution is 2.33. The van der Waals surface area contributed by atoms with E-state index in [1.807, 2.05) is 30.3 Å². The number of aromatic nitrogens is 2. The van der Waals surface area contributed by atoms with Crippen LogP contribution in [0.15, 0.2) is 39.8 Å². The highest BCUT2D eigenvalue weighted by atomic mass is 32.2. The minimum Gasteiger partial charge on any atom is -0.360 e. The normalized spacial score (nSPS) is 17.1. The van der Waals surface area contributed by atoms with Crippen LogP contribution in [0.5, 0.6) is 0 Å². The smallest absolute Gasteiger partial charge is 0.248 e. The molecule has 4 rings (SSSR count). The van der Waals surface area contributed by atoms with Crippen LogP contribution in [0, 0.1) is 19.8 Å². The maximum Gasteiger partial charge on any atom is 0.248 e. The largest absolute Gasteiger partial charge is 0.360 e. The topological polar surface area (TPSA) is 122 Å². The Hall–Kier alpha value is -2.89. The average Bonchev–Trinajstić information content (AvgIpc) is 3.37. The van der Waals surface area contributed by atoms with Crippen LogP contribution in [0.2, 0.25) is 0 Å². The summed E-state index contributed by atoms with van der Waals surface area (Å²) in [4.78, 5) is 30.1. The highest BCUT2D eigenvalue weighted by molar-refractivity contribution is 7.89. The lowest BCUT2D eigenvalue weighted by Gasteiger charge is -2.30. The summed E-state index contributed by atoms with van der Waals surface area (Å²) in [5.41, 5.74) is 1.61. The molecule has 1 N–H and O–H groups in total. The number of anilines is 1. The van der Waals surface area contributed by atoms with Crippen molar-refractivity contribution in [1.29, 1.82) is 0 Å². The third-order valence-corrected chi connectivity index (χ3v) is 8.73. The van der Waals surface area contributed by atoms with Crippen LogP contribution in [0.4, 0.5) is 5.13 Å². The number of aryl methyl sites for hydroxylation is 2. The fourth-order valence-corrected chi connectivity index (χ4v) is 6.66. The van der Waals surface area contributed by atoms with Crippen LogP contribution in [0.3, 0.4) is 0 Å². The van der Waals surface area contributed by atoms with Gasteiger partial charge in [0.15, 0.2) is 16.7 Å². The van der Waals surface area contributed by atoms with Gasteiger partial charge in [-0.3, -0.25) is 9.59 Å². The van der Waals surface area contributed by atoms with E-state index in [0.717, 1.165) is 16.9 Å². The number of nitrogens with one attached hydrogen (secondary N) is 1. The van der Waals surface area contributed by atoms with Crippen molar-refractivity contribution in [3.63, 3.8) is 0 Å². The van der Waals surface area contributed by atoms with Crippen molar-refractivity contribution in [2.24, 2.45) is 5.92 Å². The van der Waals surface area contributed by atoms with E-state index in [1.54, 1.807) is 13.8 Å². The lowest BCUT2D eigenvalue weighted by atomic mass is 9.99. The van der Waals surface area contributed by atoms with Crippen molar-refractivity contribution in [3.8, 4) is 11.3 Å². The van der Waals surface area contributed by atoms with Crippen molar-refractivity contribution in [1.82, 2.24) is 14.4 Å². The molecule has 1 unspecified atom stereocenters. The lowest BCUT2D eigenvalue weighted by Crippen LogP contribution is -2.43. The molecule has 1 amide bonds. The molecule has 0 spiro atoms. The zero-order valence-corrected chi connectivity index (χ0v) is 20.1. The van der Waals surface area contributed by atoms with Crippen LogP contribution in [0.1, 0.15) is 40.9 Å². The van der Waals surface area contributed by atoms with E-state index in [0.29, 0.717) is 40.8 Å². The number of piperidine rings is 1. The van der Waals surface area contributed by atoms with Crippen molar-refractivity contribution in [2.75, 3.05) is 18.4 Å². The number of carbonyl (C=O) groups is 2. The van der Waals surface area contributed by atoms with Gasteiger partial charge in [0, 0.05) is 25.6 Å². The van der Waals surface area contributed by atoms with Gasteiger partial charge in [-0.2, -0.15) is 4.31 Å². The zero-order chi connectivity index (χ0) is 23.8. The molecule has 0 radical (unpaired) electrons. The molecule has 11 heteroatoms. The van der Waals surface area contributed by atoms with E-state index in [-0.39, 0.29) is 28.9 Å². The Morgan fingerprint density at radius 1 is 1.21 bits per heavy atom. The Balaban J connectivity index is 1.53. The van der Waals surface area contributed by atoms with E-state index >= 15 is 0 Å². The van der Waals surface area contributed by atoms with Gasteiger partial charge in [-0.25, -0.2) is 13.4 Å². The van der Waals surface area contributed by atoms with Crippen LogP contribution < -0.4 is 5.32 Å². The number of sulfonamides is 1. The molecule has 3 heterocycles. The summed E-state index contributed by atoms with van der Waals surface area (Å²) in [5, 5.41) is 6.85. The lowest BCUT2D eigenvalue weighted by molar-refractivity contribution is -0.120. The van der Waals surface area contributed by atoms with E-state index < -0.39 is 15.9 Å².